The Bertz CT molecular complexity index is 902. The number of aliphatic carboxylic acids is 1. The zero-order chi connectivity index (χ0) is 19.0. The highest BCUT2D eigenvalue weighted by atomic mass is 19.1. The van der Waals surface area contributed by atoms with Crippen molar-refractivity contribution >= 4 is 11.9 Å². The summed E-state index contributed by atoms with van der Waals surface area (Å²) in [6.45, 7) is 0.560. The van der Waals surface area contributed by atoms with Crippen LogP contribution in [0.4, 0.5) is 4.39 Å². The van der Waals surface area contributed by atoms with E-state index in [4.69, 9.17) is 4.74 Å². The number of hydrogen-bond donors (Lipinski definition) is 2. The molecule has 8 heteroatoms. The number of nitrogens with one attached hydrogen (secondary N) is 1. The van der Waals surface area contributed by atoms with Gasteiger partial charge >= 0.3 is 5.97 Å². The van der Waals surface area contributed by atoms with Crippen LogP contribution in [0.1, 0.15) is 41.0 Å². The minimum Gasteiger partial charge on any atom is -0.480 e. The van der Waals surface area contributed by atoms with Gasteiger partial charge in [0.2, 0.25) is 0 Å². The third-order valence-corrected chi connectivity index (χ3v) is 5.31. The van der Waals surface area contributed by atoms with E-state index in [1.807, 2.05) is 0 Å². The molecule has 1 aromatic heterocycles. The number of carbonyl (C=O) groups is 2. The van der Waals surface area contributed by atoms with Crippen molar-refractivity contribution in [3.8, 4) is 5.69 Å². The van der Waals surface area contributed by atoms with E-state index in [-0.39, 0.29) is 37.6 Å². The molecule has 1 saturated heterocycles. The van der Waals surface area contributed by atoms with Crippen LogP contribution < -0.4 is 5.32 Å². The Kier molecular flexibility index (Phi) is 4.43. The largest absolute Gasteiger partial charge is 0.480 e. The Hall–Kier alpha value is -2.74. The predicted molar refractivity (Wildman–Crippen MR) is 93.4 cm³/mol. The molecule has 1 aliphatic carbocycles. The molecule has 2 heterocycles. The molecule has 2 N–H and O–H groups in total. The van der Waals surface area contributed by atoms with E-state index in [0.717, 1.165) is 24.1 Å². The summed E-state index contributed by atoms with van der Waals surface area (Å²) in [5.74, 6) is -1.96. The summed E-state index contributed by atoms with van der Waals surface area (Å²) in [4.78, 5) is 24.7. The fraction of sp³-hybridized carbons (Fsp3) is 0.421. The number of carboxylic acids is 1. The van der Waals surface area contributed by atoms with Gasteiger partial charge in [0.25, 0.3) is 5.91 Å². The first-order chi connectivity index (χ1) is 13.0. The molecule has 2 aliphatic rings. The van der Waals surface area contributed by atoms with Crippen LogP contribution in [0, 0.1) is 5.82 Å². The molecule has 7 nitrogen and oxygen atoms in total. The smallest absolute Gasteiger partial charge is 0.329 e. The summed E-state index contributed by atoms with van der Waals surface area (Å²) in [6, 6.07) is 6.04. The average molecular weight is 373 g/mol. The van der Waals surface area contributed by atoms with Crippen LogP contribution >= 0.6 is 0 Å². The highest BCUT2D eigenvalue weighted by Crippen LogP contribution is 2.29. The maximum atomic E-state index is 13.6. The molecular weight excluding hydrogens is 353 g/mol. The third-order valence-electron chi connectivity index (χ3n) is 5.31. The first kappa shape index (κ1) is 17.7. The van der Waals surface area contributed by atoms with Gasteiger partial charge in [-0.3, -0.25) is 4.79 Å². The topological polar surface area (TPSA) is 93.5 Å². The van der Waals surface area contributed by atoms with Crippen molar-refractivity contribution in [3.05, 3.63) is 47.0 Å². The van der Waals surface area contributed by atoms with Crippen molar-refractivity contribution in [2.45, 2.75) is 37.6 Å². The lowest BCUT2D eigenvalue weighted by Gasteiger charge is -2.33. The number of halogens is 1. The maximum absolute atomic E-state index is 13.6. The molecule has 1 aliphatic heterocycles. The summed E-state index contributed by atoms with van der Waals surface area (Å²) >= 11 is 0. The minimum atomic E-state index is -1.34. The second kappa shape index (κ2) is 6.77. The van der Waals surface area contributed by atoms with E-state index in [0.29, 0.717) is 12.1 Å². The van der Waals surface area contributed by atoms with Gasteiger partial charge in [-0.2, -0.15) is 5.10 Å². The zero-order valence-corrected chi connectivity index (χ0v) is 14.7. The monoisotopic (exact) mass is 373 g/mol. The van der Waals surface area contributed by atoms with Crippen LogP contribution in [0.5, 0.6) is 0 Å². The summed E-state index contributed by atoms with van der Waals surface area (Å²) < 4.78 is 20.5. The van der Waals surface area contributed by atoms with Crippen LogP contribution in [-0.4, -0.2) is 45.5 Å². The Morgan fingerprint density at radius 1 is 1.26 bits per heavy atom. The molecule has 0 unspecified atom stereocenters. The highest BCUT2D eigenvalue weighted by Gasteiger charge is 2.43. The van der Waals surface area contributed by atoms with Crippen LogP contribution in [0.3, 0.4) is 0 Å². The number of hydrogen-bond acceptors (Lipinski definition) is 4. The Morgan fingerprint density at radius 2 is 2.04 bits per heavy atom. The van der Waals surface area contributed by atoms with Crippen LogP contribution in [-0.2, 0) is 22.4 Å². The van der Waals surface area contributed by atoms with E-state index < -0.39 is 17.4 Å². The van der Waals surface area contributed by atoms with Crippen molar-refractivity contribution in [1.82, 2.24) is 15.1 Å². The normalized spacial score (nSPS) is 18.1. The Morgan fingerprint density at radius 3 is 2.74 bits per heavy atom. The van der Waals surface area contributed by atoms with Gasteiger partial charge in [-0.25, -0.2) is 13.9 Å². The number of ether oxygens (including phenoxy) is 1. The van der Waals surface area contributed by atoms with Crippen molar-refractivity contribution in [1.29, 1.82) is 0 Å². The molecular formula is C19H20FN3O4. The van der Waals surface area contributed by atoms with E-state index >= 15 is 0 Å². The molecule has 1 aromatic carbocycles. The molecule has 142 valence electrons. The van der Waals surface area contributed by atoms with E-state index in [2.05, 4.69) is 10.4 Å². The minimum absolute atomic E-state index is 0.209. The summed E-state index contributed by atoms with van der Waals surface area (Å²) in [5, 5.41) is 16.8. The summed E-state index contributed by atoms with van der Waals surface area (Å²) in [5.41, 5.74) is 1.11. The SMILES string of the molecule is O=C(NC1(C(=O)O)CCOCC1)c1nn(-c2cccc(F)c2)c2c1CCC2. The van der Waals surface area contributed by atoms with Gasteiger partial charge in [0.1, 0.15) is 11.4 Å². The summed E-state index contributed by atoms with van der Waals surface area (Å²) in [7, 11) is 0. The molecule has 0 saturated carbocycles. The number of aromatic nitrogens is 2. The first-order valence-corrected chi connectivity index (χ1v) is 9.00. The molecule has 2 aromatic rings. The second-order valence-corrected chi connectivity index (χ2v) is 6.97. The quantitative estimate of drug-likeness (QED) is 0.853. The van der Waals surface area contributed by atoms with Crippen molar-refractivity contribution in [2.24, 2.45) is 0 Å². The van der Waals surface area contributed by atoms with Crippen LogP contribution in [0.2, 0.25) is 0 Å². The number of benzene rings is 1. The second-order valence-electron chi connectivity index (χ2n) is 6.97. The molecule has 4 rings (SSSR count). The standard InChI is InChI=1S/C19H20FN3O4/c20-12-3-1-4-13(11-12)23-15-6-2-5-14(15)16(22-23)17(24)21-19(18(25)26)7-9-27-10-8-19/h1,3-4,11H,2,5-10H2,(H,21,24)(H,25,26). The fourth-order valence-corrected chi connectivity index (χ4v) is 3.83. The average Bonchev–Trinajstić information content (AvgIpc) is 3.24. The first-order valence-electron chi connectivity index (χ1n) is 9.00. The van der Waals surface area contributed by atoms with E-state index in [9.17, 15) is 19.1 Å². The van der Waals surface area contributed by atoms with Gasteiger partial charge in [-0.15, -0.1) is 0 Å². The number of carboxylic acid groups (broad SMARTS) is 1. The van der Waals surface area contributed by atoms with E-state index in [1.165, 1.54) is 12.1 Å². The Labute approximate surface area is 155 Å². The van der Waals surface area contributed by atoms with Crippen molar-refractivity contribution in [2.75, 3.05) is 13.2 Å². The van der Waals surface area contributed by atoms with Crippen molar-refractivity contribution < 1.29 is 23.8 Å². The number of fused-ring (bicyclic) bond motifs is 1. The zero-order valence-electron chi connectivity index (χ0n) is 14.7. The van der Waals surface area contributed by atoms with Gasteiger partial charge in [0, 0.05) is 37.3 Å². The third kappa shape index (κ3) is 3.10. The van der Waals surface area contributed by atoms with Crippen LogP contribution in [0.15, 0.2) is 24.3 Å². The lowest BCUT2D eigenvalue weighted by Crippen LogP contribution is -2.57. The Balaban J connectivity index is 1.69. The van der Waals surface area contributed by atoms with E-state index in [1.54, 1.807) is 16.8 Å². The van der Waals surface area contributed by atoms with Crippen LogP contribution in [0.25, 0.3) is 5.69 Å². The van der Waals surface area contributed by atoms with Crippen molar-refractivity contribution in [3.63, 3.8) is 0 Å². The molecule has 0 atom stereocenters. The fourth-order valence-electron chi connectivity index (χ4n) is 3.83. The molecule has 1 amide bonds. The molecule has 0 radical (unpaired) electrons. The summed E-state index contributed by atoms with van der Waals surface area (Å²) in [6.07, 6.45) is 2.73. The molecule has 0 spiro atoms. The van der Waals surface area contributed by atoms with Gasteiger partial charge < -0.3 is 15.2 Å². The lowest BCUT2D eigenvalue weighted by molar-refractivity contribution is -0.148. The van der Waals surface area contributed by atoms with Gasteiger partial charge in [0.05, 0.1) is 5.69 Å². The van der Waals surface area contributed by atoms with Gasteiger partial charge in [-0.05, 0) is 37.5 Å². The number of carbonyl (C=O) groups excluding carboxylic acids is 1. The number of amides is 1. The lowest BCUT2D eigenvalue weighted by atomic mass is 9.90. The van der Waals surface area contributed by atoms with Gasteiger partial charge in [0.15, 0.2) is 5.69 Å². The predicted octanol–water partition coefficient (Wildman–Crippen LogP) is 1.86. The maximum Gasteiger partial charge on any atom is 0.329 e. The van der Waals surface area contributed by atoms with Gasteiger partial charge in [-0.1, -0.05) is 6.07 Å². The number of nitrogens with zero attached hydrogens (tertiary/aromatic N) is 2. The number of rotatable bonds is 4. The molecule has 27 heavy (non-hydrogen) atoms. The highest BCUT2D eigenvalue weighted by molar-refractivity contribution is 5.98. The molecule has 0 bridgehead atoms. The molecule has 1 fully saturated rings.